The Morgan fingerprint density at radius 1 is 1.13 bits per heavy atom. The van der Waals surface area contributed by atoms with Gasteiger partial charge in [-0.15, -0.1) is 0 Å². The number of ether oxygens (including phenoxy) is 2. The first kappa shape index (κ1) is 26.9. The number of carbonyl (C=O) groups excluding carboxylic acids is 2. The number of H-pyrrole nitrogens is 1. The molecule has 10 nitrogen and oxygen atoms in total. The van der Waals surface area contributed by atoms with E-state index in [0.717, 1.165) is 12.8 Å². The Labute approximate surface area is 221 Å². The largest absolute Gasteiger partial charge is 0.492 e. The van der Waals surface area contributed by atoms with Crippen LogP contribution in [0.4, 0.5) is 5.69 Å². The van der Waals surface area contributed by atoms with Gasteiger partial charge in [-0.1, -0.05) is 19.4 Å². The van der Waals surface area contributed by atoms with Crippen molar-refractivity contribution in [3.8, 4) is 11.5 Å². The van der Waals surface area contributed by atoms with Gasteiger partial charge in [-0.3, -0.25) is 14.7 Å². The minimum absolute atomic E-state index is 0.0532. The highest BCUT2D eigenvalue weighted by molar-refractivity contribution is 6.35. The fraction of sp³-hybridized carbons (Fsp3) is 0.321. The second-order valence-corrected chi connectivity index (χ2v) is 8.85. The van der Waals surface area contributed by atoms with E-state index in [1.165, 1.54) is 0 Å². The van der Waals surface area contributed by atoms with Crippen LogP contribution < -0.4 is 25.4 Å². The summed E-state index contributed by atoms with van der Waals surface area (Å²) >= 11 is 0. The molecule has 2 amide bonds. The molecular formula is C28H33N5O5. The molecule has 10 heteroatoms. The lowest BCUT2D eigenvalue weighted by molar-refractivity contribution is -0.110. The molecule has 0 radical (unpaired) electrons. The summed E-state index contributed by atoms with van der Waals surface area (Å²) in [5.74, 6) is 0.867. The number of hydrogen-bond donors (Lipinski definition) is 5. The third-order valence-corrected chi connectivity index (χ3v) is 5.90. The van der Waals surface area contributed by atoms with E-state index in [9.17, 15) is 14.7 Å². The maximum Gasteiger partial charge on any atom is 0.256 e. The number of aliphatic hydroxyl groups is 1. The molecule has 3 aromatic rings. The number of aromatic amines is 1. The van der Waals surface area contributed by atoms with E-state index in [0.29, 0.717) is 65.8 Å². The molecule has 1 aliphatic rings. The molecule has 1 aromatic heterocycles. The third-order valence-electron chi connectivity index (χ3n) is 5.90. The van der Waals surface area contributed by atoms with Crippen LogP contribution in [0, 0.1) is 0 Å². The van der Waals surface area contributed by atoms with Gasteiger partial charge in [0, 0.05) is 31.4 Å². The van der Waals surface area contributed by atoms with Crippen LogP contribution in [0.2, 0.25) is 0 Å². The number of amides is 2. The summed E-state index contributed by atoms with van der Waals surface area (Å²) < 4.78 is 11.6. The molecule has 2 aromatic carbocycles. The lowest BCUT2D eigenvalue weighted by Gasteiger charge is -2.15. The highest BCUT2D eigenvalue weighted by atomic mass is 16.5. The minimum atomic E-state index is -0.763. The van der Waals surface area contributed by atoms with Crippen LogP contribution in [-0.4, -0.2) is 66.1 Å². The smallest absolute Gasteiger partial charge is 0.256 e. The second kappa shape index (κ2) is 13.4. The van der Waals surface area contributed by atoms with Crippen molar-refractivity contribution in [1.82, 2.24) is 20.8 Å². The highest BCUT2D eigenvalue weighted by Crippen LogP contribution is 2.39. The SMILES string of the molecule is CCCCNC(=O)c1ccc(OCCNCC(O)COc2cccc3c2C(=Cc2ccn[nH]2)C(=O)N3)cc1. The molecular weight excluding hydrogens is 486 g/mol. The zero-order valence-electron chi connectivity index (χ0n) is 21.3. The van der Waals surface area contributed by atoms with Crippen LogP contribution >= 0.6 is 0 Å². The van der Waals surface area contributed by atoms with Crippen LogP contribution in [-0.2, 0) is 4.79 Å². The molecule has 0 saturated heterocycles. The van der Waals surface area contributed by atoms with Gasteiger partial charge in [0.15, 0.2) is 0 Å². The van der Waals surface area contributed by atoms with E-state index >= 15 is 0 Å². The molecule has 2 heterocycles. The van der Waals surface area contributed by atoms with E-state index < -0.39 is 6.10 Å². The number of fused-ring (bicyclic) bond motifs is 1. The van der Waals surface area contributed by atoms with Crippen LogP contribution in [0.1, 0.15) is 41.4 Å². The van der Waals surface area contributed by atoms with Crippen molar-refractivity contribution in [3.05, 3.63) is 71.5 Å². The van der Waals surface area contributed by atoms with Crippen molar-refractivity contribution >= 4 is 29.2 Å². The van der Waals surface area contributed by atoms with Crippen molar-refractivity contribution in [2.45, 2.75) is 25.9 Å². The predicted molar refractivity (Wildman–Crippen MR) is 145 cm³/mol. The maximum absolute atomic E-state index is 12.5. The molecule has 200 valence electrons. The minimum Gasteiger partial charge on any atom is -0.492 e. The van der Waals surface area contributed by atoms with E-state index in [1.807, 2.05) is 6.07 Å². The van der Waals surface area contributed by atoms with Gasteiger partial charge in [-0.05, 0) is 55.0 Å². The second-order valence-electron chi connectivity index (χ2n) is 8.85. The molecule has 1 atom stereocenters. The summed E-state index contributed by atoms with van der Waals surface area (Å²) in [5.41, 5.74) is 3.09. The average Bonchev–Trinajstić information content (AvgIpc) is 3.55. The summed E-state index contributed by atoms with van der Waals surface area (Å²) in [7, 11) is 0. The molecule has 4 rings (SSSR count). The van der Waals surface area contributed by atoms with E-state index in [4.69, 9.17) is 9.47 Å². The number of benzene rings is 2. The lowest BCUT2D eigenvalue weighted by Crippen LogP contribution is -2.33. The fourth-order valence-corrected chi connectivity index (χ4v) is 3.91. The Morgan fingerprint density at radius 2 is 1.97 bits per heavy atom. The Kier molecular flexibility index (Phi) is 9.49. The number of aromatic nitrogens is 2. The zero-order chi connectivity index (χ0) is 26.7. The molecule has 0 fully saturated rings. The van der Waals surface area contributed by atoms with Crippen molar-refractivity contribution in [2.24, 2.45) is 0 Å². The van der Waals surface area contributed by atoms with Gasteiger partial charge < -0.3 is 30.5 Å². The third kappa shape index (κ3) is 7.21. The van der Waals surface area contributed by atoms with Crippen molar-refractivity contribution in [3.63, 3.8) is 0 Å². The summed E-state index contributed by atoms with van der Waals surface area (Å²) in [6.07, 6.45) is 4.56. The number of unbranched alkanes of at least 4 members (excludes halogenated alkanes) is 1. The fourth-order valence-electron chi connectivity index (χ4n) is 3.91. The first-order valence-corrected chi connectivity index (χ1v) is 12.7. The van der Waals surface area contributed by atoms with Crippen molar-refractivity contribution in [2.75, 3.05) is 38.2 Å². The molecule has 1 aliphatic heterocycles. The number of nitrogens with zero attached hydrogens (tertiary/aromatic N) is 1. The lowest BCUT2D eigenvalue weighted by atomic mass is 10.0. The van der Waals surface area contributed by atoms with Crippen LogP contribution in [0.3, 0.4) is 0 Å². The van der Waals surface area contributed by atoms with Gasteiger partial charge in [0.05, 0.1) is 22.5 Å². The monoisotopic (exact) mass is 519 g/mol. The Hall–Kier alpha value is -4.15. The van der Waals surface area contributed by atoms with E-state index in [1.54, 1.807) is 54.7 Å². The maximum atomic E-state index is 12.5. The molecule has 0 aliphatic carbocycles. The summed E-state index contributed by atoms with van der Waals surface area (Å²) in [6.45, 7) is 4.03. The Bertz CT molecular complexity index is 1240. The predicted octanol–water partition coefficient (Wildman–Crippen LogP) is 2.84. The van der Waals surface area contributed by atoms with Gasteiger partial charge in [-0.25, -0.2) is 0 Å². The normalized spacial score (nSPS) is 14.2. The summed E-state index contributed by atoms with van der Waals surface area (Å²) in [6, 6.07) is 14.2. The van der Waals surface area contributed by atoms with E-state index in [2.05, 4.69) is 33.1 Å². The number of hydrogen-bond acceptors (Lipinski definition) is 7. The topological polar surface area (TPSA) is 138 Å². The first-order chi connectivity index (χ1) is 18.5. The quantitative estimate of drug-likeness (QED) is 0.163. The van der Waals surface area contributed by atoms with Crippen LogP contribution in [0.5, 0.6) is 11.5 Å². The average molecular weight is 520 g/mol. The molecule has 38 heavy (non-hydrogen) atoms. The molecule has 5 N–H and O–H groups in total. The molecule has 0 spiro atoms. The number of anilines is 1. The standard InChI is InChI=1S/C28H33N5O5/c1-2-3-12-30-27(35)19-7-9-22(10-8-19)37-15-14-29-17-21(34)18-38-25-6-4-5-24-26(25)23(28(36)32-24)16-20-11-13-31-33-20/h4-11,13,16,21,29,34H,2-3,12,14-15,17-18H2,1H3,(H,30,35)(H,31,33)(H,32,36). The van der Waals surface area contributed by atoms with Crippen molar-refractivity contribution < 1.29 is 24.2 Å². The number of aliphatic hydroxyl groups excluding tert-OH is 1. The van der Waals surface area contributed by atoms with E-state index in [-0.39, 0.29) is 18.4 Å². The van der Waals surface area contributed by atoms with Gasteiger partial charge in [0.25, 0.3) is 11.8 Å². The van der Waals surface area contributed by atoms with Gasteiger partial charge in [0.1, 0.15) is 30.8 Å². The van der Waals surface area contributed by atoms with Crippen LogP contribution in [0.25, 0.3) is 11.6 Å². The molecule has 0 saturated carbocycles. The Balaban J connectivity index is 1.19. The van der Waals surface area contributed by atoms with Gasteiger partial charge >= 0.3 is 0 Å². The number of nitrogens with one attached hydrogen (secondary N) is 4. The first-order valence-electron chi connectivity index (χ1n) is 12.7. The summed E-state index contributed by atoms with van der Waals surface area (Å²) in [4.78, 5) is 24.6. The number of carbonyl (C=O) groups is 2. The van der Waals surface area contributed by atoms with Gasteiger partial charge in [0.2, 0.25) is 0 Å². The molecule has 1 unspecified atom stereocenters. The Morgan fingerprint density at radius 3 is 2.74 bits per heavy atom. The van der Waals surface area contributed by atoms with Crippen molar-refractivity contribution in [1.29, 1.82) is 0 Å². The molecule has 0 bridgehead atoms. The number of rotatable bonds is 14. The highest BCUT2D eigenvalue weighted by Gasteiger charge is 2.28. The summed E-state index contributed by atoms with van der Waals surface area (Å²) in [5, 5.41) is 26.0. The zero-order valence-corrected chi connectivity index (χ0v) is 21.3. The van der Waals surface area contributed by atoms with Crippen LogP contribution in [0.15, 0.2) is 54.7 Å². The van der Waals surface area contributed by atoms with Gasteiger partial charge in [-0.2, -0.15) is 5.10 Å².